The first-order chi connectivity index (χ1) is 13.3. The molecule has 0 aliphatic carbocycles. The standard InChI is InChI=1S/C19H21FN2O5S/c20-17-12-14(18(23)24)6-7-15(17)13-22(16-4-2-1-3-5-16)19(25)21-8-10-28(26,27)11-9-21/h1-7,12,26-27H,8-11,13H2,(H,23,24). The number of benzene rings is 2. The summed E-state index contributed by atoms with van der Waals surface area (Å²) in [5.41, 5.74) is 0.579. The number of amides is 2. The first-order valence-electron chi connectivity index (χ1n) is 8.64. The molecule has 1 fully saturated rings. The van der Waals surface area contributed by atoms with E-state index in [1.165, 1.54) is 21.9 Å². The van der Waals surface area contributed by atoms with Gasteiger partial charge in [0.25, 0.3) is 0 Å². The second-order valence-corrected chi connectivity index (χ2v) is 8.93. The van der Waals surface area contributed by atoms with Gasteiger partial charge in [0.1, 0.15) is 5.82 Å². The van der Waals surface area contributed by atoms with E-state index in [-0.39, 0.29) is 48.3 Å². The van der Waals surface area contributed by atoms with Crippen molar-refractivity contribution < 1.29 is 28.2 Å². The van der Waals surface area contributed by atoms with E-state index in [4.69, 9.17) is 5.11 Å². The second-order valence-electron chi connectivity index (χ2n) is 6.51. The van der Waals surface area contributed by atoms with Gasteiger partial charge in [0.15, 0.2) is 0 Å². The smallest absolute Gasteiger partial charge is 0.335 e. The first kappa shape index (κ1) is 20.1. The van der Waals surface area contributed by atoms with Gasteiger partial charge >= 0.3 is 12.0 Å². The fourth-order valence-corrected chi connectivity index (χ4v) is 4.17. The van der Waals surface area contributed by atoms with Crippen LogP contribution in [0, 0.1) is 5.82 Å². The van der Waals surface area contributed by atoms with Crippen molar-refractivity contribution in [1.29, 1.82) is 0 Å². The molecular formula is C19H21FN2O5S. The second kappa shape index (κ2) is 8.17. The predicted octanol–water partition coefficient (Wildman–Crippen LogP) is 3.72. The molecule has 2 amide bonds. The van der Waals surface area contributed by atoms with Crippen LogP contribution < -0.4 is 4.90 Å². The van der Waals surface area contributed by atoms with Crippen molar-refractivity contribution in [3.05, 3.63) is 65.5 Å². The summed E-state index contributed by atoms with van der Waals surface area (Å²) < 4.78 is 33.9. The van der Waals surface area contributed by atoms with Gasteiger partial charge in [-0.3, -0.25) is 14.0 Å². The van der Waals surface area contributed by atoms with Crippen LogP contribution in [-0.2, 0) is 6.54 Å². The Labute approximate surface area is 163 Å². The molecule has 0 spiro atoms. The van der Waals surface area contributed by atoms with Gasteiger partial charge in [-0.05, 0) is 24.3 Å². The molecule has 3 N–H and O–H groups in total. The molecular weight excluding hydrogens is 387 g/mol. The largest absolute Gasteiger partial charge is 0.478 e. The summed E-state index contributed by atoms with van der Waals surface area (Å²) in [7, 11) is -2.65. The average Bonchev–Trinajstić information content (AvgIpc) is 2.67. The van der Waals surface area contributed by atoms with Crippen molar-refractivity contribution in [3.63, 3.8) is 0 Å². The van der Waals surface area contributed by atoms with Crippen molar-refractivity contribution >= 4 is 28.3 Å². The van der Waals surface area contributed by atoms with Crippen LogP contribution in [0.2, 0.25) is 0 Å². The van der Waals surface area contributed by atoms with Crippen molar-refractivity contribution in [2.75, 3.05) is 29.5 Å². The van der Waals surface area contributed by atoms with E-state index in [0.717, 1.165) is 6.07 Å². The van der Waals surface area contributed by atoms with Crippen LogP contribution in [0.3, 0.4) is 0 Å². The molecule has 1 heterocycles. The number of aromatic carboxylic acids is 1. The highest BCUT2D eigenvalue weighted by Gasteiger charge is 2.29. The summed E-state index contributed by atoms with van der Waals surface area (Å²) in [5, 5.41) is 8.98. The van der Waals surface area contributed by atoms with Gasteiger partial charge < -0.3 is 10.0 Å². The summed E-state index contributed by atoms with van der Waals surface area (Å²) in [6.07, 6.45) is 0. The number of hydrogen-bond donors (Lipinski definition) is 3. The van der Waals surface area contributed by atoms with Gasteiger partial charge in [0.2, 0.25) is 0 Å². The van der Waals surface area contributed by atoms with E-state index < -0.39 is 22.4 Å². The number of hydrogen-bond acceptors (Lipinski definition) is 4. The third kappa shape index (κ3) is 4.61. The van der Waals surface area contributed by atoms with Gasteiger partial charge in [0.05, 0.1) is 23.6 Å². The van der Waals surface area contributed by atoms with E-state index in [2.05, 4.69) is 0 Å². The van der Waals surface area contributed by atoms with Gasteiger partial charge in [-0.2, -0.15) is 10.6 Å². The SMILES string of the molecule is O=C(O)c1ccc(CN(C(=O)N2CCS(O)(O)CC2)c2ccccc2)c(F)c1. The molecule has 0 atom stereocenters. The molecule has 3 rings (SSSR count). The number of carbonyl (C=O) groups is 2. The summed E-state index contributed by atoms with van der Waals surface area (Å²) in [4.78, 5) is 27.0. The summed E-state index contributed by atoms with van der Waals surface area (Å²) >= 11 is 0. The number of carbonyl (C=O) groups excluding carboxylic acids is 1. The van der Waals surface area contributed by atoms with E-state index in [0.29, 0.717) is 5.69 Å². The maximum absolute atomic E-state index is 14.4. The van der Waals surface area contributed by atoms with Crippen molar-refractivity contribution in [2.45, 2.75) is 6.54 Å². The third-order valence-electron chi connectivity index (χ3n) is 4.57. The number of para-hydroxylation sites is 1. The molecule has 7 nitrogen and oxygen atoms in total. The van der Waals surface area contributed by atoms with Crippen molar-refractivity contribution in [3.8, 4) is 0 Å². The van der Waals surface area contributed by atoms with Crippen LogP contribution in [-0.4, -0.2) is 55.7 Å². The lowest BCUT2D eigenvalue weighted by atomic mass is 10.1. The van der Waals surface area contributed by atoms with Crippen LogP contribution in [0.1, 0.15) is 15.9 Å². The predicted molar refractivity (Wildman–Crippen MR) is 106 cm³/mol. The lowest BCUT2D eigenvalue weighted by Gasteiger charge is -2.42. The molecule has 2 aromatic carbocycles. The Kier molecular flexibility index (Phi) is 5.87. The number of anilines is 1. The minimum atomic E-state index is -2.65. The van der Waals surface area contributed by atoms with Crippen LogP contribution in [0.15, 0.2) is 48.5 Å². The van der Waals surface area contributed by atoms with Crippen LogP contribution in [0.25, 0.3) is 0 Å². The Morgan fingerprint density at radius 3 is 2.29 bits per heavy atom. The Balaban J connectivity index is 1.86. The Bertz CT molecular complexity index is 868. The van der Waals surface area contributed by atoms with E-state index in [1.54, 1.807) is 30.3 Å². The molecule has 0 saturated carbocycles. The Morgan fingerprint density at radius 2 is 1.71 bits per heavy atom. The number of rotatable bonds is 4. The molecule has 1 aliphatic heterocycles. The lowest BCUT2D eigenvalue weighted by molar-refractivity contribution is 0.0696. The Morgan fingerprint density at radius 1 is 1.07 bits per heavy atom. The number of halogens is 1. The quantitative estimate of drug-likeness (QED) is 0.716. The lowest BCUT2D eigenvalue weighted by Crippen LogP contribution is -2.48. The van der Waals surface area contributed by atoms with Gasteiger partial charge in [-0.15, -0.1) is 0 Å². The highest BCUT2D eigenvalue weighted by atomic mass is 32.3. The normalized spacial score (nSPS) is 17.0. The van der Waals surface area contributed by atoms with Gasteiger partial charge in [-0.1, -0.05) is 24.3 Å². The maximum atomic E-state index is 14.4. The molecule has 0 radical (unpaired) electrons. The minimum absolute atomic E-state index is 0.0820. The van der Waals surface area contributed by atoms with E-state index in [9.17, 15) is 23.1 Å². The zero-order chi connectivity index (χ0) is 20.3. The van der Waals surface area contributed by atoms with Gasteiger partial charge in [0, 0.05) is 24.3 Å². The highest BCUT2D eigenvalue weighted by Crippen LogP contribution is 2.40. The monoisotopic (exact) mass is 408 g/mol. The highest BCUT2D eigenvalue weighted by molar-refractivity contribution is 8.24. The maximum Gasteiger partial charge on any atom is 0.335 e. The van der Waals surface area contributed by atoms with Crippen molar-refractivity contribution in [1.82, 2.24) is 4.90 Å². The first-order valence-corrected chi connectivity index (χ1v) is 10.5. The number of nitrogens with zero attached hydrogens (tertiary/aromatic N) is 2. The molecule has 2 aromatic rings. The minimum Gasteiger partial charge on any atom is -0.478 e. The molecule has 1 aliphatic rings. The van der Waals surface area contributed by atoms with E-state index in [1.807, 2.05) is 0 Å². The van der Waals surface area contributed by atoms with Gasteiger partial charge in [-0.25, -0.2) is 14.0 Å². The number of carboxylic acid groups (broad SMARTS) is 1. The molecule has 150 valence electrons. The number of carboxylic acids is 1. The molecule has 0 bridgehead atoms. The topological polar surface area (TPSA) is 101 Å². The third-order valence-corrected chi connectivity index (χ3v) is 6.25. The summed E-state index contributed by atoms with van der Waals surface area (Å²) in [5.74, 6) is -1.71. The average molecular weight is 408 g/mol. The van der Waals surface area contributed by atoms with Crippen molar-refractivity contribution in [2.24, 2.45) is 0 Å². The molecule has 0 aromatic heterocycles. The van der Waals surface area contributed by atoms with Crippen LogP contribution in [0.4, 0.5) is 14.9 Å². The molecule has 9 heteroatoms. The molecule has 0 unspecified atom stereocenters. The fourth-order valence-electron chi connectivity index (χ4n) is 2.94. The molecule has 28 heavy (non-hydrogen) atoms. The zero-order valence-corrected chi connectivity index (χ0v) is 15.8. The Hall–Kier alpha value is -2.62. The van der Waals surface area contributed by atoms with Crippen LogP contribution in [0.5, 0.6) is 0 Å². The summed E-state index contributed by atoms with van der Waals surface area (Å²) in [6.45, 7) is 0.317. The fraction of sp³-hybridized carbons (Fsp3) is 0.263. The van der Waals surface area contributed by atoms with Crippen LogP contribution >= 0.6 is 10.6 Å². The molecule has 1 saturated heterocycles. The summed E-state index contributed by atoms with van der Waals surface area (Å²) in [6, 6.07) is 12.0. The zero-order valence-electron chi connectivity index (χ0n) is 15.0. The number of urea groups is 1. The van der Waals surface area contributed by atoms with E-state index >= 15 is 0 Å².